The minimum Gasteiger partial charge on any atom is -0.480 e. The fraction of sp³-hybridized carbons (Fsp3) is 0.381. The van der Waals surface area contributed by atoms with Crippen LogP contribution in [-0.4, -0.2) is 57.6 Å². The molecule has 0 bridgehead atoms. The van der Waals surface area contributed by atoms with Crippen LogP contribution in [0.5, 0.6) is 0 Å². The maximum atomic E-state index is 11.2. The van der Waals surface area contributed by atoms with Gasteiger partial charge < -0.3 is 10.4 Å². The molecule has 3 aliphatic rings. The summed E-state index contributed by atoms with van der Waals surface area (Å²) in [6.07, 6.45) is 5.26. The van der Waals surface area contributed by atoms with Crippen LogP contribution >= 0.6 is 0 Å². The van der Waals surface area contributed by atoms with E-state index in [1.807, 2.05) is 36.7 Å². The molecular weight excluding hydrogens is 368 g/mol. The van der Waals surface area contributed by atoms with E-state index in [2.05, 4.69) is 21.5 Å². The number of carboxylic acids is 1. The van der Waals surface area contributed by atoms with Crippen molar-refractivity contribution < 1.29 is 9.90 Å². The van der Waals surface area contributed by atoms with Gasteiger partial charge in [-0.3, -0.25) is 20.2 Å². The highest BCUT2D eigenvalue weighted by atomic mass is 16.4. The number of carbonyl (C=O) groups is 1. The first-order valence-corrected chi connectivity index (χ1v) is 9.88. The molecule has 0 saturated carbocycles. The van der Waals surface area contributed by atoms with Crippen LogP contribution in [0.15, 0.2) is 46.6 Å². The Balaban J connectivity index is 1.41. The predicted molar refractivity (Wildman–Crippen MR) is 111 cm³/mol. The van der Waals surface area contributed by atoms with Gasteiger partial charge in [0.1, 0.15) is 11.9 Å². The maximum absolute atomic E-state index is 11.2. The van der Waals surface area contributed by atoms with E-state index in [1.165, 1.54) is 0 Å². The number of para-hydroxylation sites is 1. The van der Waals surface area contributed by atoms with Gasteiger partial charge in [-0.05, 0) is 30.5 Å². The number of carboxylic acid groups (broad SMARTS) is 1. The number of pyridine rings is 1. The van der Waals surface area contributed by atoms with Gasteiger partial charge in [0, 0.05) is 42.4 Å². The number of benzene rings is 1. The minimum atomic E-state index is -0.805. The molecule has 0 radical (unpaired) electrons. The van der Waals surface area contributed by atoms with Crippen molar-refractivity contribution in [2.24, 2.45) is 16.0 Å². The number of hydrogen-bond donors (Lipinski definition) is 3. The summed E-state index contributed by atoms with van der Waals surface area (Å²) in [5, 5.41) is 27.9. The van der Waals surface area contributed by atoms with E-state index >= 15 is 0 Å². The van der Waals surface area contributed by atoms with Crippen molar-refractivity contribution in [3.8, 4) is 0 Å². The molecule has 3 aliphatic heterocycles. The molecule has 148 valence electrons. The van der Waals surface area contributed by atoms with Crippen molar-refractivity contribution in [3.63, 3.8) is 0 Å². The molecule has 1 saturated heterocycles. The maximum Gasteiger partial charge on any atom is 0.320 e. The van der Waals surface area contributed by atoms with E-state index in [0.29, 0.717) is 25.2 Å². The van der Waals surface area contributed by atoms with Gasteiger partial charge in [-0.1, -0.05) is 18.2 Å². The smallest absolute Gasteiger partial charge is 0.320 e. The summed E-state index contributed by atoms with van der Waals surface area (Å²) in [5.41, 5.74) is 2.95. The molecule has 1 fully saturated rings. The zero-order chi connectivity index (χ0) is 20.0. The van der Waals surface area contributed by atoms with Crippen LogP contribution in [0.2, 0.25) is 0 Å². The molecule has 4 heterocycles. The van der Waals surface area contributed by atoms with Crippen LogP contribution in [-0.2, 0) is 4.79 Å². The SMILES string of the molecule is N=C1CC(C2CCC(C(=O)O)NC2)=NC2C(c3cnc4ccccc4c3)C=NN12. The van der Waals surface area contributed by atoms with Gasteiger partial charge in [0.15, 0.2) is 6.17 Å². The van der Waals surface area contributed by atoms with Crippen LogP contribution in [0.1, 0.15) is 30.7 Å². The van der Waals surface area contributed by atoms with Gasteiger partial charge in [-0.2, -0.15) is 5.10 Å². The first-order valence-electron chi connectivity index (χ1n) is 9.88. The number of amidine groups is 1. The van der Waals surface area contributed by atoms with Gasteiger partial charge in [0.05, 0.1) is 11.4 Å². The number of fused-ring (bicyclic) bond motifs is 2. The lowest BCUT2D eigenvalue weighted by molar-refractivity contribution is -0.140. The molecule has 8 nitrogen and oxygen atoms in total. The third-order valence-corrected chi connectivity index (χ3v) is 6.03. The van der Waals surface area contributed by atoms with E-state index in [0.717, 1.165) is 28.6 Å². The molecule has 0 spiro atoms. The summed E-state index contributed by atoms with van der Waals surface area (Å²) in [4.78, 5) is 20.7. The van der Waals surface area contributed by atoms with Crippen LogP contribution in [0, 0.1) is 11.3 Å². The van der Waals surface area contributed by atoms with E-state index in [4.69, 9.17) is 10.4 Å². The van der Waals surface area contributed by atoms with Crippen LogP contribution in [0.4, 0.5) is 0 Å². The van der Waals surface area contributed by atoms with Crippen LogP contribution in [0.25, 0.3) is 10.9 Å². The van der Waals surface area contributed by atoms with E-state index in [1.54, 1.807) is 5.01 Å². The third-order valence-electron chi connectivity index (χ3n) is 6.03. The number of aliphatic carboxylic acids is 1. The number of aromatic nitrogens is 1. The lowest BCUT2D eigenvalue weighted by Crippen LogP contribution is -2.48. The van der Waals surface area contributed by atoms with Crippen molar-refractivity contribution in [3.05, 3.63) is 42.1 Å². The molecule has 4 unspecified atom stereocenters. The van der Waals surface area contributed by atoms with Crippen molar-refractivity contribution >= 4 is 34.6 Å². The molecule has 1 aromatic carbocycles. The average Bonchev–Trinajstić information content (AvgIpc) is 3.18. The number of hydrazone groups is 1. The quantitative estimate of drug-likeness (QED) is 0.744. The Morgan fingerprint density at radius 3 is 2.93 bits per heavy atom. The highest BCUT2D eigenvalue weighted by Gasteiger charge is 2.40. The summed E-state index contributed by atoms with van der Waals surface area (Å²) >= 11 is 0. The Labute approximate surface area is 167 Å². The van der Waals surface area contributed by atoms with Crippen LogP contribution in [0.3, 0.4) is 0 Å². The number of piperidine rings is 1. The Bertz CT molecular complexity index is 1040. The summed E-state index contributed by atoms with van der Waals surface area (Å²) in [7, 11) is 0. The lowest BCUT2D eigenvalue weighted by atomic mass is 9.87. The third kappa shape index (κ3) is 3.19. The second-order valence-electron chi connectivity index (χ2n) is 7.83. The number of hydrogen-bond acceptors (Lipinski definition) is 6. The molecule has 3 N–H and O–H groups in total. The number of nitrogens with one attached hydrogen (secondary N) is 2. The highest BCUT2D eigenvalue weighted by Crippen LogP contribution is 2.34. The summed E-state index contributed by atoms with van der Waals surface area (Å²) in [5.74, 6) is -0.274. The van der Waals surface area contributed by atoms with Crippen molar-refractivity contribution in [2.75, 3.05) is 6.54 Å². The Morgan fingerprint density at radius 1 is 1.28 bits per heavy atom. The predicted octanol–water partition coefficient (Wildman–Crippen LogP) is 2.22. The lowest BCUT2D eigenvalue weighted by Gasteiger charge is -2.35. The first kappa shape index (κ1) is 17.9. The zero-order valence-corrected chi connectivity index (χ0v) is 15.8. The first-order chi connectivity index (χ1) is 14.1. The standard InChI is InChI=1S/C21H22N6O2/c22-19-8-18(13-5-6-17(21(28)29)24-9-13)26-20-15(11-25-27(19)20)14-7-12-3-1-2-4-16(12)23-10-14/h1-4,7,10-11,13,15,17,20,22,24H,5-6,8-9H2,(H,28,29). The van der Waals surface area contributed by atoms with Crippen molar-refractivity contribution in [1.29, 1.82) is 5.41 Å². The van der Waals surface area contributed by atoms with Crippen LogP contribution < -0.4 is 5.32 Å². The second kappa shape index (κ2) is 7.04. The average molecular weight is 390 g/mol. The molecule has 2 aromatic rings. The second-order valence-corrected chi connectivity index (χ2v) is 7.83. The normalized spacial score (nSPS) is 29.0. The van der Waals surface area contributed by atoms with E-state index < -0.39 is 12.0 Å². The minimum absolute atomic E-state index is 0.0638. The Hall–Kier alpha value is -3.13. The Kier molecular flexibility index (Phi) is 4.35. The molecule has 4 atom stereocenters. The monoisotopic (exact) mass is 390 g/mol. The fourth-order valence-electron chi connectivity index (χ4n) is 4.40. The molecule has 5 rings (SSSR count). The molecule has 0 aliphatic carbocycles. The van der Waals surface area contributed by atoms with E-state index in [9.17, 15) is 9.90 Å². The van der Waals surface area contributed by atoms with Gasteiger partial charge in [0.25, 0.3) is 0 Å². The molecule has 0 amide bonds. The topological polar surface area (TPSA) is 114 Å². The summed E-state index contributed by atoms with van der Waals surface area (Å²) in [6, 6.07) is 9.63. The largest absolute Gasteiger partial charge is 0.480 e. The van der Waals surface area contributed by atoms with Crippen molar-refractivity contribution in [1.82, 2.24) is 15.3 Å². The molecule has 8 heteroatoms. The highest BCUT2D eigenvalue weighted by molar-refractivity contribution is 6.06. The van der Waals surface area contributed by atoms with Crippen molar-refractivity contribution in [2.45, 2.75) is 37.4 Å². The van der Waals surface area contributed by atoms with Gasteiger partial charge in [-0.15, -0.1) is 0 Å². The summed E-state index contributed by atoms with van der Waals surface area (Å²) in [6.45, 7) is 0.582. The summed E-state index contributed by atoms with van der Waals surface area (Å²) < 4.78 is 0. The fourth-order valence-corrected chi connectivity index (χ4v) is 4.40. The molecule has 29 heavy (non-hydrogen) atoms. The van der Waals surface area contributed by atoms with Gasteiger partial charge in [-0.25, -0.2) is 5.01 Å². The molecular formula is C21H22N6O2. The number of nitrogens with zero attached hydrogens (tertiary/aromatic N) is 4. The number of rotatable bonds is 3. The zero-order valence-electron chi connectivity index (χ0n) is 15.8. The molecule has 1 aromatic heterocycles. The van der Waals surface area contributed by atoms with Gasteiger partial charge >= 0.3 is 5.97 Å². The van der Waals surface area contributed by atoms with E-state index in [-0.39, 0.29) is 18.0 Å². The number of aliphatic imine (C=N–C) groups is 1. The van der Waals surface area contributed by atoms with Gasteiger partial charge in [0.2, 0.25) is 0 Å². The Morgan fingerprint density at radius 2 is 2.14 bits per heavy atom.